The predicted octanol–water partition coefficient (Wildman–Crippen LogP) is 5.01. The first-order chi connectivity index (χ1) is 18.7. The van der Waals surface area contributed by atoms with E-state index in [9.17, 15) is 4.79 Å². The Labute approximate surface area is 233 Å². The average Bonchev–Trinajstić information content (AvgIpc) is 3.21. The molecule has 3 aromatic rings. The fraction of sp³-hybridized carbons (Fsp3) is 0.500. The molecule has 1 aliphatic carbocycles. The van der Waals surface area contributed by atoms with Gasteiger partial charge >= 0.3 is 6.09 Å². The monoisotopic (exact) mass is 554 g/mol. The Bertz CT molecular complexity index is 1340. The molecule has 2 N–H and O–H groups in total. The summed E-state index contributed by atoms with van der Waals surface area (Å²) in [5, 5.41) is 11.5. The van der Waals surface area contributed by atoms with Gasteiger partial charge in [0.15, 0.2) is 5.82 Å². The minimum absolute atomic E-state index is 0.155. The summed E-state index contributed by atoms with van der Waals surface area (Å²) in [4.78, 5) is 23.4. The van der Waals surface area contributed by atoms with E-state index < -0.39 is 0 Å². The van der Waals surface area contributed by atoms with Crippen molar-refractivity contribution in [2.75, 3.05) is 45.7 Å². The van der Waals surface area contributed by atoms with Gasteiger partial charge in [0.25, 0.3) is 0 Å². The van der Waals surface area contributed by atoms with Crippen LogP contribution in [0, 0.1) is 26.2 Å². The molecule has 1 saturated carbocycles. The number of halogens is 1. The van der Waals surface area contributed by atoms with Crippen molar-refractivity contribution in [3.8, 4) is 28.4 Å². The first kappa shape index (κ1) is 27.2. The highest BCUT2D eigenvalue weighted by Crippen LogP contribution is 2.49. The van der Waals surface area contributed by atoms with Crippen molar-refractivity contribution in [2.45, 2.75) is 46.1 Å². The van der Waals surface area contributed by atoms with Gasteiger partial charge in [-0.3, -0.25) is 0 Å². The minimum atomic E-state index is -0.262. The van der Waals surface area contributed by atoms with E-state index in [2.05, 4.69) is 15.8 Å². The number of ether oxygens (including phenoxy) is 2. The molecule has 0 bridgehead atoms. The van der Waals surface area contributed by atoms with E-state index in [0.29, 0.717) is 34.5 Å². The van der Waals surface area contributed by atoms with E-state index in [4.69, 9.17) is 35.6 Å². The molecule has 1 saturated heterocycles. The zero-order valence-electron chi connectivity index (χ0n) is 23.1. The maximum Gasteiger partial charge on any atom is 0.409 e. The van der Waals surface area contributed by atoms with Crippen LogP contribution < -0.4 is 15.4 Å². The molecule has 11 heteroatoms. The molecule has 0 atom stereocenters. The summed E-state index contributed by atoms with van der Waals surface area (Å²) in [5.41, 5.74) is 4.13. The third-order valence-corrected chi connectivity index (χ3v) is 7.95. The molecule has 1 aromatic carbocycles. The number of nitrogens with one attached hydrogen (secondary N) is 2. The van der Waals surface area contributed by atoms with Gasteiger partial charge < -0.3 is 29.5 Å². The highest BCUT2D eigenvalue weighted by atomic mass is 35.5. The zero-order chi connectivity index (χ0) is 27.7. The van der Waals surface area contributed by atoms with E-state index in [1.807, 2.05) is 46.0 Å². The van der Waals surface area contributed by atoms with Crippen LogP contribution >= 0.6 is 11.6 Å². The Kier molecular flexibility index (Phi) is 7.68. The molecule has 1 amide bonds. The van der Waals surface area contributed by atoms with Crippen LogP contribution in [-0.2, 0) is 4.74 Å². The number of rotatable bonds is 9. The molecule has 5 rings (SSSR count). The number of carbonyl (C=O) groups is 1. The SMILES string of the molecule is CNCCCOc1ccc(Cl)c(-c2nc(NC3CC4(C3)CN(C(=O)OC)C4)c(C)c(-c3c(C)noc3C)n2)c1. The van der Waals surface area contributed by atoms with Gasteiger partial charge in [-0.05, 0) is 71.8 Å². The van der Waals surface area contributed by atoms with Crippen LogP contribution in [0.5, 0.6) is 5.75 Å². The Hall–Kier alpha value is -3.37. The molecule has 3 heterocycles. The number of carbonyl (C=O) groups excluding carboxylic acids is 1. The maximum absolute atomic E-state index is 11.8. The summed E-state index contributed by atoms with van der Waals surface area (Å²) >= 11 is 6.67. The van der Waals surface area contributed by atoms with Crippen molar-refractivity contribution < 1.29 is 18.8 Å². The Morgan fingerprint density at radius 2 is 2.00 bits per heavy atom. The number of hydrogen-bond acceptors (Lipinski definition) is 9. The first-order valence-electron chi connectivity index (χ1n) is 13.2. The van der Waals surface area contributed by atoms with E-state index in [0.717, 1.165) is 67.2 Å². The number of nitrogens with zero attached hydrogens (tertiary/aromatic N) is 4. The molecule has 2 fully saturated rings. The van der Waals surface area contributed by atoms with Gasteiger partial charge in [-0.2, -0.15) is 0 Å². The number of hydrogen-bond donors (Lipinski definition) is 2. The molecule has 10 nitrogen and oxygen atoms in total. The summed E-state index contributed by atoms with van der Waals surface area (Å²) < 4.78 is 16.3. The van der Waals surface area contributed by atoms with Crippen LogP contribution in [0.3, 0.4) is 0 Å². The first-order valence-corrected chi connectivity index (χ1v) is 13.6. The van der Waals surface area contributed by atoms with Gasteiger partial charge in [0.05, 0.1) is 35.7 Å². The lowest BCUT2D eigenvalue weighted by atomic mass is 9.61. The number of amides is 1. The summed E-state index contributed by atoms with van der Waals surface area (Å²) in [6.45, 7) is 8.72. The molecular formula is C28H35ClN6O4. The van der Waals surface area contributed by atoms with E-state index in [1.54, 1.807) is 4.90 Å². The second-order valence-electron chi connectivity index (χ2n) is 10.6. The van der Waals surface area contributed by atoms with Gasteiger partial charge in [0.2, 0.25) is 0 Å². The van der Waals surface area contributed by atoms with Crippen molar-refractivity contribution in [1.29, 1.82) is 0 Å². The Morgan fingerprint density at radius 3 is 2.67 bits per heavy atom. The van der Waals surface area contributed by atoms with Crippen molar-refractivity contribution in [3.63, 3.8) is 0 Å². The molecule has 2 aliphatic rings. The van der Waals surface area contributed by atoms with Crippen LogP contribution in [0.2, 0.25) is 5.02 Å². The van der Waals surface area contributed by atoms with Crippen molar-refractivity contribution in [3.05, 3.63) is 40.2 Å². The van der Waals surface area contributed by atoms with Gasteiger partial charge in [-0.15, -0.1) is 0 Å². The number of aromatic nitrogens is 3. The van der Waals surface area contributed by atoms with E-state index >= 15 is 0 Å². The predicted molar refractivity (Wildman–Crippen MR) is 149 cm³/mol. The second-order valence-corrected chi connectivity index (χ2v) is 11.0. The van der Waals surface area contributed by atoms with Crippen LogP contribution in [0.15, 0.2) is 22.7 Å². The number of benzene rings is 1. The number of likely N-dealkylation sites (tertiary alicyclic amines) is 1. The summed E-state index contributed by atoms with van der Waals surface area (Å²) in [6, 6.07) is 5.80. The normalized spacial score (nSPS) is 16.1. The number of anilines is 1. The molecule has 0 radical (unpaired) electrons. The summed E-state index contributed by atoms with van der Waals surface area (Å²) in [7, 11) is 3.34. The highest BCUT2D eigenvalue weighted by Gasteiger charge is 2.54. The third kappa shape index (κ3) is 5.40. The molecule has 1 spiro atoms. The van der Waals surface area contributed by atoms with Gasteiger partial charge in [0.1, 0.15) is 17.3 Å². The standard InChI is InChI=1S/C28H35ClN6O4/c1-16-24(23-17(2)34-39-18(23)3)32-26(21-11-20(7-8-22(21)29)38-10-6-9-30-4)33-25(16)31-19-12-28(13-19)14-35(15-28)27(36)37-5/h7-8,11,19,30H,6,9-10,12-15H2,1-5H3,(H,31,32,33). The quantitative estimate of drug-likeness (QED) is 0.352. The topological polar surface area (TPSA) is 115 Å². The molecule has 39 heavy (non-hydrogen) atoms. The van der Waals surface area contributed by atoms with Crippen molar-refractivity contribution in [1.82, 2.24) is 25.3 Å². The lowest BCUT2D eigenvalue weighted by Gasteiger charge is -2.58. The van der Waals surface area contributed by atoms with Crippen LogP contribution in [-0.4, -0.2) is 72.6 Å². The Balaban J connectivity index is 1.44. The Morgan fingerprint density at radius 1 is 1.23 bits per heavy atom. The van der Waals surface area contributed by atoms with Crippen LogP contribution in [0.25, 0.3) is 22.6 Å². The van der Waals surface area contributed by atoms with E-state index in [-0.39, 0.29) is 17.6 Å². The zero-order valence-corrected chi connectivity index (χ0v) is 23.8. The van der Waals surface area contributed by atoms with E-state index in [1.165, 1.54) is 7.11 Å². The van der Waals surface area contributed by atoms with Crippen molar-refractivity contribution in [2.24, 2.45) is 5.41 Å². The number of aryl methyl sites for hydroxylation is 2. The summed E-state index contributed by atoms with van der Waals surface area (Å²) in [5.74, 6) is 2.65. The van der Waals surface area contributed by atoms with Crippen LogP contribution in [0.1, 0.15) is 36.3 Å². The van der Waals surface area contributed by atoms with Crippen molar-refractivity contribution >= 4 is 23.5 Å². The molecule has 1 aliphatic heterocycles. The second kappa shape index (κ2) is 11.0. The molecule has 0 unspecified atom stereocenters. The average molecular weight is 555 g/mol. The lowest BCUT2D eigenvalue weighted by Crippen LogP contribution is -2.66. The fourth-order valence-corrected chi connectivity index (χ4v) is 5.81. The molecule has 208 valence electrons. The lowest BCUT2D eigenvalue weighted by molar-refractivity contribution is -0.0554. The highest BCUT2D eigenvalue weighted by molar-refractivity contribution is 6.33. The fourth-order valence-electron chi connectivity index (χ4n) is 5.61. The van der Waals surface area contributed by atoms with Gasteiger partial charge in [0, 0.05) is 35.7 Å². The minimum Gasteiger partial charge on any atom is -0.494 e. The van der Waals surface area contributed by atoms with Gasteiger partial charge in [-0.1, -0.05) is 16.8 Å². The third-order valence-electron chi connectivity index (χ3n) is 7.62. The molecule has 2 aromatic heterocycles. The van der Waals surface area contributed by atoms with Gasteiger partial charge in [-0.25, -0.2) is 14.8 Å². The summed E-state index contributed by atoms with van der Waals surface area (Å²) in [6.07, 6.45) is 2.54. The smallest absolute Gasteiger partial charge is 0.409 e. The largest absolute Gasteiger partial charge is 0.494 e. The van der Waals surface area contributed by atoms with Crippen LogP contribution in [0.4, 0.5) is 10.6 Å². The molecular weight excluding hydrogens is 520 g/mol. The maximum atomic E-state index is 11.8. The number of methoxy groups -OCH3 is 1.